The summed E-state index contributed by atoms with van der Waals surface area (Å²) in [5.41, 5.74) is 0.709. The highest BCUT2D eigenvalue weighted by atomic mass is 79.9. The highest BCUT2D eigenvalue weighted by Crippen LogP contribution is 2.26. The van der Waals surface area contributed by atoms with Crippen LogP contribution in [0.4, 0.5) is 0 Å². The smallest absolute Gasteiger partial charge is 0.305 e. The Balaban J connectivity index is 1.70. The lowest BCUT2D eigenvalue weighted by Crippen LogP contribution is -2.26. The fourth-order valence-corrected chi connectivity index (χ4v) is 3.38. The first kappa shape index (κ1) is 19.1. The zero-order valence-electron chi connectivity index (χ0n) is 13.8. The van der Waals surface area contributed by atoms with Crippen LogP contribution >= 0.6 is 27.7 Å². The van der Waals surface area contributed by atoms with Crippen molar-refractivity contribution >= 4 is 51.0 Å². The minimum absolute atomic E-state index is 0.261. The van der Waals surface area contributed by atoms with Crippen LogP contribution in [0.3, 0.4) is 0 Å². The number of amides is 1. The summed E-state index contributed by atoms with van der Waals surface area (Å²) in [6.45, 7) is 0. The third kappa shape index (κ3) is 5.41. The van der Waals surface area contributed by atoms with Crippen LogP contribution in [-0.4, -0.2) is 33.6 Å². The van der Waals surface area contributed by atoms with Gasteiger partial charge in [-0.25, -0.2) is 0 Å². The summed E-state index contributed by atoms with van der Waals surface area (Å²) in [5.74, 6) is -0.127. The molecule has 1 atom stereocenters. The Morgan fingerprint density at radius 3 is 2.74 bits per heavy atom. The fraction of sp³-hybridized carbons (Fsp3) is 0.111. The van der Waals surface area contributed by atoms with Gasteiger partial charge >= 0.3 is 5.97 Å². The molecule has 1 unspecified atom stereocenters. The maximum atomic E-state index is 11.7. The van der Waals surface area contributed by atoms with E-state index in [0.717, 1.165) is 16.2 Å². The number of carboxylic acids is 1. The molecular weight excluding hydrogens is 434 g/mol. The van der Waals surface area contributed by atoms with Gasteiger partial charge in [-0.1, -0.05) is 39.8 Å². The molecule has 27 heavy (non-hydrogen) atoms. The van der Waals surface area contributed by atoms with Gasteiger partial charge in [0.2, 0.25) is 5.91 Å². The number of halogens is 1. The normalized spacial score (nSPS) is 18.0. The van der Waals surface area contributed by atoms with Gasteiger partial charge in [0.05, 0.1) is 12.6 Å². The molecule has 1 heterocycles. The summed E-state index contributed by atoms with van der Waals surface area (Å²) in [7, 11) is 0. The fourth-order valence-electron chi connectivity index (χ4n) is 2.20. The molecule has 0 aromatic heterocycles. The molecule has 2 aromatic rings. The van der Waals surface area contributed by atoms with E-state index in [2.05, 4.69) is 31.4 Å². The topological polar surface area (TPSA) is 100 Å². The molecule has 0 aliphatic carbocycles. The van der Waals surface area contributed by atoms with Crippen molar-refractivity contribution in [2.24, 2.45) is 10.2 Å². The molecule has 1 amide bonds. The van der Waals surface area contributed by atoms with E-state index in [1.54, 1.807) is 0 Å². The number of hydrogen-bond donors (Lipinski definition) is 2. The minimum Gasteiger partial charge on any atom is -0.481 e. The molecule has 7 nitrogen and oxygen atoms in total. The van der Waals surface area contributed by atoms with Gasteiger partial charge in [-0.05, 0) is 36.4 Å². The molecular formula is C18H14BrN3O4S. The molecule has 1 aliphatic rings. The van der Waals surface area contributed by atoms with E-state index >= 15 is 0 Å². The number of carboxylic acid groups (broad SMARTS) is 1. The maximum Gasteiger partial charge on any atom is 0.305 e. The molecule has 1 aliphatic heterocycles. The standard InChI is InChI=1S/C18H14BrN3O4S/c19-12-5-7-13(8-6-12)26-14-4-2-1-3-11(14)10-20-22-18-21-17(25)15(27-18)9-16(23)24/h1-8,10,15H,9H2,(H,23,24)(H,21,22,25). The van der Waals surface area contributed by atoms with E-state index < -0.39 is 11.2 Å². The third-order valence-corrected chi connectivity index (χ3v) is 5.04. The number of para-hydroxylation sites is 1. The van der Waals surface area contributed by atoms with E-state index in [9.17, 15) is 9.59 Å². The first-order valence-electron chi connectivity index (χ1n) is 7.84. The minimum atomic E-state index is -1.04. The Kier molecular flexibility index (Phi) is 6.25. The second kappa shape index (κ2) is 8.83. The molecule has 1 saturated heterocycles. The molecule has 1 fully saturated rings. The number of carbonyl (C=O) groups is 2. The lowest BCUT2D eigenvalue weighted by atomic mass is 10.2. The van der Waals surface area contributed by atoms with Crippen LogP contribution in [0.5, 0.6) is 11.5 Å². The average Bonchev–Trinajstić information content (AvgIpc) is 2.97. The van der Waals surface area contributed by atoms with E-state index in [-0.39, 0.29) is 17.5 Å². The van der Waals surface area contributed by atoms with E-state index in [1.807, 2.05) is 48.5 Å². The zero-order valence-corrected chi connectivity index (χ0v) is 16.2. The molecule has 0 spiro atoms. The maximum absolute atomic E-state index is 11.7. The van der Waals surface area contributed by atoms with Crippen molar-refractivity contribution in [2.45, 2.75) is 11.7 Å². The summed E-state index contributed by atoms with van der Waals surface area (Å²) in [6.07, 6.45) is 1.25. The lowest BCUT2D eigenvalue weighted by molar-refractivity contribution is -0.138. The van der Waals surface area contributed by atoms with Crippen molar-refractivity contribution < 1.29 is 19.4 Å². The summed E-state index contributed by atoms with van der Waals surface area (Å²) < 4.78 is 6.82. The van der Waals surface area contributed by atoms with Crippen LogP contribution in [0.1, 0.15) is 12.0 Å². The van der Waals surface area contributed by atoms with Gasteiger partial charge in [0.1, 0.15) is 16.7 Å². The van der Waals surface area contributed by atoms with Gasteiger partial charge in [0.25, 0.3) is 0 Å². The van der Waals surface area contributed by atoms with Gasteiger partial charge in [-0.2, -0.15) is 5.10 Å². The van der Waals surface area contributed by atoms with Gasteiger partial charge in [-0.15, -0.1) is 5.10 Å². The van der Waals surface area contributed by atoms with Crippen LogP contribution in [0, 0.1) is 0 Å². The predicted octanol–water partition coefficient (Wildman–Crippen LogP) is 3.64. The predicted molar refractivity (Wildman–Crippen MR) is 107 cm³/mol. The van der Waals surface area contributed by atoms with E-state index in [1.165, 1.54) is 6.21 Å². The van der Waals surface area contributed by atoms with Crippen LogP contribution in [-0.2, 0) is 9.59 Å². The Hall–Kier alpha value is -2.65. The molecule has 0 saturated carbocycles. The van der Waals surface area contributed by atoms with E-state index in [0.29, 0.717) is 17.1 Å². The zero-order chi connectivity index (χ0) is 19.2. The van der Waals surface area contributed by atoms with Gasteiger partial charge in [-0.3, -0.25) is 9.59 Å². The average molecular weight is 448 g/mol. The second-order valence-electron chi connectivity index (χ2n) is 5.44. The summed E-state index contributed by atoms with van der Waals surface area (Å²) in [4.78, 5) is 22.4. The molecule has 9 heteroatoms. The number of benzene rings is 2. The Morgan fingerprint density at radius 1 is 1.26 bits per heavy atom. The van der Waals surface area contributed by atoms with Crippen molar-refractivity contribution in [3.63, 3.8) is 0 Å². The molecule has 3 rings (SSSR count). The number of nitrogens with zero attached hydrogens (tertiary/aromatic N) is 2. The van der Waals surface area contributed by atoms with Gasteiger partial charge < -0.3 is 15.2 Å². The van der Waals surface area contributed by atoms with Gasteiger partial charge in [0.15, 0.2) is 5.17 Å². The summed E-state index contributed by atoms with van der Waals surface area (Å²) in [5, 5.41) is 18.8. The molecule has 2 aromatic carbocycles. The molecule has 2 N–H and O–H groups in total. The number of carbonyl (C=O) groups excluding carboxylic acids is 1. The van der Waals surface area contributed by atoms with Crippen molar-refractivity contribution in [2.75, 3.05) is 0 Å². The highest BCUT2D eigenvalue weighted by Gasteiger charge is 2.32. The van der Waals surface area contributed by atoms with Crippen LogP contribution < -0.4 is 10.1 Å². The van der Waals surface area contributed by atoms with Crippen LogP contribution in [0.25, 0.3) is 0 Å². The Labute approximate surface area is 167 Å². The Morgan fingerprint density at radius 2 is 2.00 bits per heavy atom. The summed E-state index contributed by atoms with van der Waals surface area (Å²) >= 11 is 4.43. The van der Waals surface area contributed by atoms with Crippen molar-refractivity contribution in [3.05, 3.63) is 58.6 Å². The lowest BCUT2D eigenvalue weighted by Gasteiger charge is -2.08. The first-order chi connectivity index (χ1) is 13.0. The first-order valence-corrected chi connectivity index (χ1v) is 9.51. The SMILES string of the molecule is O=C(O)CC1SC(=NN=Cc2ccccc2Oc2ccc(Br)cc2)NC1=O. The van der Waals surface area contributed by atoms with Crippen molar-refractivity contribution in [1.29, 1.82) is 0 Å². The monoisotopic (exact) mass is 447 g/mol. The number of amidine groups is 1. The summed E-state index contributed by atoms with van der Waals surface area (Å²) in [6, 6.07) is 14.8. The van der Waals surface area contributed by atoms with Crippen LogP contribution in [0.2, 0.25) is 0 Å². The molecule has 0 bridgehead atoms. The van der Waals surface area contributed by atoms with Crippen molar-refractivity contribution in [3.8, 4) is 11.5 Å². The number of rotatable bonds is 6. The van der Waals surface area contributed by atoms with E-state index in [4.69, 9.17) is 9.84 Å². The highest BCUT2D eigenvalue weighted by molar-refractivity contribution is 9.10. The molecule has 138 valence electrons. The number of hydrogen-bond acceptors (Lipinski definition) is 6. The quantitative estimate of drug-likeness (QED) is 0.519. The number of thioether (sulfide) groups is 1. The second-order valence-corrected chi connectivity index (χ2v) is 7.54. The Bertz CT molecular complexity index is 915. The molecule has 0 radical (unpaired) electrons. The number of nitrogens with one attached hydrogen (secondary N) is 1. The largest absolute Gasteiger partial charge is 0.481 e. The number of aliphatic carboxylic acids is 1. The van der Waals surface area contributed by atoms with Crippen LogP contribution in [0.15, 0.2) is 63.2 Å². The van der Waals surface area contributed by atoms with Crippen molar-refractivity contribution in [1.82, 2.24) is 5.32 Å². The van der Waals surface area contributed by atoms with Gasteiger partial charge in [0, 0.05) is 10.0 Å². The number of ether oxygens (including phenoxy) is 1. The third-order valence-electron chi connectivity index (χ3n) is 3.44.